The lowest BCUT2D eigenvalue weighted by atomic mass is 10.1. The van der Waals surface area contributed by atoms with Crippen LogP contribution < -0.4 is 5.32 Å². The van der Waals surface area contributed by atoms with Crippen molar-refractivity contribution in [2.24, 2.45) is 0 Å². The van der Waals surface area contributed by atoms with Crippen LogP contribution in [-0.4, -0.2) is 22.0 Å². The summed E-state index contributed by atoms with van der Waals surface area (Å²) in [5, 5.41) is 2.82. The molecule has 0 unspecified atom stereocenters. The summed E-state index contributed by atoms with van der Waals surface area (Å²) in [5.41, 5.74) is 3.07. The Morgan fingerprint density at radius 3 is 2.65 bits per heavy atom. The fourth-order valence-corrected chi connectivity index (χ4v) is 2.60. The zero-order chi connectivity index (χ0) is 16.1. The molecule has 1 amide bonds. The van der Waals surface area contributed by atoms with Crippen molar-refractivity contribution in [2.45, 2.75) is 13.0 Å². The molecule has 0 bridgehead atoms. The van der Waals surface area contributed by atoms with Gasteiger partial charge in [-0.2, -0.15) is 0 Å². The van der Waals surface area contributed by atoms with Crippen molar-refractivity contribution >= 4 is 16.9 Å². The van der Waals surface area contributed by atoms with E-state index in [0.29, 0.717) is 13.0 Å². The molecule has 0 radical (unpaired) electrons. The van der Waals surface area contributed by atoms with Gasteiger partial charge in [-0.05, 0) is 17.7 Å². The first-order valence-electron chi connectivity index (χ1n) is 7.63. The maximum atomic E-state index is 12.1. The smallest absolute Gasteiger partial charge is 0.240 e. The van der Waals surface area contributed by atoms with Gasteiger partial charge in [-0.25, -0.2) is 4.98 Å². The monoisotopic (exact) mass is 305 g/mol. The maximum absolute atomic E-state index is 12.1. The summed E-state index contributed by atoms with van der Waals surface area (Å²) in [4.78, 5) is 16.8. The fraction of sp³-hybridized carbons (Fsp3) is 0.158. The van der Waals surface area contributed by atoms with E-state index in [1.807, 2.05) is 47.0 Å². The highest BCUT2D eigenvalue weighted by Gasteiger charge is 2.13. The normalized spacial score (nSPS) is 10.6. The molecule has 0 saturated heterocycles. The van der Waals surface area contributed by atoms with Crippen LogP contribution in [0.1, 0.15) is 11.4 Å². The van der Waals surface area contributed by atoms with Gasteiger partial charge in [0.1, 0.15) is 12.4 Å². The fourth-order valence-electron chi connectivity index (χ4n) is 2.60. The third-order valence-corrected chi connectivity index (χ3v) is 3.68. The number of amides is 1. The van der Waals surface area contributed by atoms with Crippen LogP contribution in [-0.2, 0) is 17.8 Å². The Morgan fingerprint density at radius 2 is 1.87 bits per heavy atom. The van der Waals surface area contributed by atoms with E-state index in [4.69, 9.17) is 4.98 Å². The predicted molar refractivity (Wildman–Crippen MR) is 92.2 cm³/mol. The largest absolute Gasteiger partial charge is 0.351 e. The number of rotatable bonds is 6. The van der Waals surface area contributed by atoms with E-state index in [-0.39, 0.29) is 12.5 Å². The van der Waals surface area contributed by atoms with Crippen LogP contribution in [0.3, 0.4) is 0 Å². The Morgan fingerprint density at radius 1 is 1.13 bits per heavy atom. The van der Waals surface area contributed by atoms with Crippen LogP contribution in [0, 0.1) is 0 Å². The number of para-hydroxylation sites is 2. The molecule has 3 aromatic rings. The highest BCUT2D eigenvalue weighted by atomic mass is 16.1. The van der Waals surface area contributed by atoms with Gasteiger partial charge < -0.3 is 9.88 Å². The summed E-state index contributed by atoms with van der Waals surface area (Å²) in [6.45, 7) is 4.35. The molecule has 2 aromatic carbocycles. The van der Waals surface area contributed by atoms with Crippen LogP contribution in [0.25, 0.3) is 11.0 Å². The molecular formula is C19H19N3O. The number of nitrogens with one attached hydrogen (secondary N) is 1. The van der Waals surface area contributed by atoms with E-state index in [0.717, 1.165) is 16.9 Å². The zero-order valence-electron chi connectivity index (χ0n) is 12.9. The number of fused-ring (bicyclic) bond motifs is 1. The van der Waals surface area contributed by atoms with Gasteiger partial charge in [0.2, 0.25) is 5.91 Å². The van der Waals surface area contributed by atoms with Gasteiger partial charge in [0, 0.05) is 13.0 Å². The van der Waals surface area contributed by atoms with Gasteiger partial charge in [-0.15, -0.1) is 6.58 Å². The molecule has 0 saturated carbocycles. The third kappa shape index (κ3) is 3.48. The van der Waals surface area contributed by atoms with Gasteiger partial charge in [-0.3, -0.25) is 4.79 Å². The Labute approximate surface area is 135 Å². The Bertz CT molecular complexity index is 821. The first-order chi connectivity index (χ1) is 11.3. The molecular weight excluding hydrogens is 286 g/mol. The minimum Gasteiger partial charge on any atom is -0.351 e. The van der Waals surface area contributed by atoms with Gasteiger partial charge in [0.05, 0.1) is 11.0 Å². The molecule has 3 rings (SSSR count). The third-order valence-electron chi connectivity index (χ3n) is 3.68. The zero-order valence-corrected chi connectivity index (χ0v) is 12.9. The van der Waals surface area contributed by atoms with Crippen molar-refractivity contribution in [3.05, 3.63) is 78.6 Å². The number of benzene rings is 2. The minimum absolute atomic E-state index is 0.0395. The lowest BCUT2D eigenvalue weighted by Crippen LogP contribution is -2.28. The molecule has 0 spiro atoms. The van der Waals surface area contributed by atoms with Crippen LogP contribution >= 0.6 is 0 Å². The van der Waals surface area contributed by atoms with Gasteiger partial charge in [0.25, 0.3) is 0 Å². The number of hydrogen-bond acceptors (Lipinski definition) is 2. The Kier molecular flexibility index (Phi) is 4.52. The number of nitrogens with zero attached hydrogens (tertiary/aromatic N) is 2. The van der Waals surface area contributed by atoms with E-state index >= 15 is 0 Å². The molecule has 116 valence electrons. The van der Waals surface area contributed by atoms with Crippen LogP contribution in [0.15, 0.2) is 67.3 Å². The topological polar surface area (TPSA) is 46.9 Å². The Hall–Kier alpha value is -2.88. The molecule has 4 heteroatoms. The summed E-state index contributed by atoms with van der Waals surface area (Å²) < 4.78 is 1.99. The predicted octanol–water partition coefficient (Wildman–Crippen LogP) is 2.93. The molecule has 1 aromatic heterocycles. The first kappa shape index (κ1) is 15.0. The standard InChI is InChI=1S/C19H19N3O/c1-2-12-20-19(23)14-22-17-11-7-6-10-16(17)21-18(22)13-15-8-4-3-5-9-15/h2-11H,1,12-14H2,(H,20,23). The minimum atomic E-state index is -0.0395. The van der Waals surface area contributed by atoms with E-state index in [9.17, 15) is 4.79 Å². The molecule has 0 aliphatic heterocycles. The molecule has 0 atom stereocenters. The summed E-state index contributed by atoms with van der Waals surface area (Å²) in [6.07, 6.45) is 2.37. The number of aromatic nitrogens is 2. The van der Waals surface area contributed by atoms with Crippen molar-refractivity contribution in [1.29, 1.82) is 0 Å². The lowest BCUT2D eigenvalue weighted by Gasteiger charge is -2.09. The van der Waals surface area contributed by atoms with Crippen molar-refractivity contribution in [3.8, 4) is 0 Å². The molecule has 1 heterocycles. The summed E-state index contributed by atoms with van der Waals surface area (Å²) in [6, 6.07) is 18.1. The number of carbonyl (C=O) groups excluding carboxylic acids is 1. The molecule has 4 nitrogen and oxygen atoms in total. The van der Waals surface area contributed by atoms with E-state index in [1.54, 1.807) is 6.08 Å². The van der Waals surface area contributed by atoms with Crippen molar-refractivity contribution in [2.75, 3.05) is 6.54 Å². The Balaban J connectivity index is 1.94. The molecule has 0 fully saturated rings. The van der Waals surface area contributed by atoms with Crippen LogP contribution in [0.5, 0.6) is 0 Å². The number of hydrogen-bond donors (Lipinski definition) is 1. The maximum Gasteiger partial charge on any atom is 0.240 e. The SMILES string of the molecule is C=CCNC(=O)Cn1c(Cc2ccccc2)nc2ccccc21. The summed E-state index contributed by atoms with van der Waals surface area (Å²) >= 11 is 0. The summed E-state index contributed by atoms with van der Waals surface area (Å²) in [5.74, 6) is 0.855. The second-order valence-electron chi connectivity index (χ2n) is 5.36. The molecule has 1 N–H and O–H groups in total. The van der Waals surface area contributed by atoms with Crippen molar-refractivity contribution in [1.82, 2.24) is 14.9 Å². The lowest BCUT2D eigenvalue weighted by molar-refractivity contribution is -0.121. The molecule has 0 aliphatic rings. The van der Waals surface area contributed by atoms with Crippen molar-refractivity contribution in [3.63, 3.8) is 0 Å². The number of imidazole rings is 1. The van der Waals surface area contributed by atoms with E-state index in [2.05, 4.69) is 24.0 Å². The quantitative estimate of drug-likeness (QED) is 0.712. The molecule has 23 heavy (non-hydrogen) atoms. The highest BCUT2D eigenvalue weighted by molar-refractivity contribution is 5.81. The van der Waals surface area contributed by atoms with E-state index in [1.165, 1.54) is 5.56 Å². The summed E-state index contributed by atoms with van der Waals surface area (Å²) in [7, 11) is 0. The average Bonchev–Trinajstić information content (AvgIpc) is 2.91. The van der Waals surface area contributed by atoms with Gasteiger partial charge in [0.15, 0.2) is 0 Å². The highest BCUT2D eigenvalue weighted by Crippen LogP contribution is 2.18. The first-order valence-corrected chi connectivity index (χ1v) is 7.63. The molecule has 0 aliphatic carbocycles. The van der Waals surface area contributed by atoms with Crippen molar-refractivity contribution < 1.29 is 4.79 Å². The van der Waals surface area contributed by atoms with Crippen LogP contribution in [0.2, 0.25) is 0 Å². The average molecular weight is 305 g/mol. The van der Waals surface area contributed by atoms with Gasteiger partial charge >= 0.3 is 0 Å². The van der Waals surface area contributed by atoms with E-state index < -0.39 is 0 Å². The number of carbonyl (C=O) groups is 1. The second-order valence-corrected chi connectivity index (χ2v) is 5.36. The van der Waals surface area contributed by atoms with Crippen LogP contribution in [0.4, 0.5) is 0 Å². The second kappa shape index (κ2) is 6.92. The van der Waals surface area contributed by atoms with Gasteiger partial charge in [-0.1, -0.05) is 48.5 Å².